The van der Waals surface area contributed by atoms with E-state index in [1.807, 2.05) is 24.3 Å². The molecule has 1 aromatic heterocycles. The van der Waals surface area contributed by atoms with E-state index in [1.54, 1.807) is 7.11 Å². The Labute approximate surface area is 118 Å². The Balaban J connectivity index is 1.82. The van der Waals surface area contributed by atoms with Gasteiger partial charge in [0.1, 0.15) is 6.61 Å². The number of fused-ring (bicyclic) bond motifs is 1. The Bertz CT molecular complexity index is 731. The first-order chi connectivity index (χ1) is 9.78. The van der Waals surface area contributed by atoms with Crippen molar-refractivity contribution < 1.29 is 9.47 Å². The Morgan fingerprint density at radius 1 is 1.00 bits per heavy atom. The quantitative estimate of drug-likeness (QED) is 0.773. The van der Waals surface area contributed by atoms with E-state index in [0.717, 1.165) is 17.2 Å². The molecule has 1 N–H and O–H groups in total. The van der Waals surface area contributed by atoms with E-state index in [4.69, 9.17) is 9.47 Å². The summed E-state index contributed by atoms with van der Waals surface area (Å²) in [4.78, 5) is 3.41. The number of H-pyrrole nitrogens is 1. The number of rotatable bonds is 4. The fourth-order valence-electron chi connectivity index (χ4n) is 2.34. The molecule has 3 rings (SSSR count). The molecule has 3 nitrogen and oxygen atoms in total. The van der Waals surface area contributed by atoms with E-state index >= 15 is 0 Å². The molecule has 0 aliphatic rings. The van der Waals surface area contributed by atoms with Gasteiger partial charge in [0, 0.05) is 10.9 Å². The number of nitrogens with one attached hydrogen (secondary N) is 1. The molecule has 3 heteroatoms. The third-order valence-corrected chi connectivity index (χ3v) is 3.37. The number of aryl methyl sites for hydroxylation is 1. The average molecular weight is 267 g/mol. The zero-order valence-corrected chi connectivity index (χ0v) is 11.6. The van der Waals surface area contributed by atoms with E-state index in [2.05, 4.69) is 36.2 Å². The molecule has 2 aromatic carbocycles. The zero-order chi connectivity index (χ0) is 13.9. The SMILES string of the molecule is COc1ccccc1OCc1cc2cccc(C)c2[nH]1. The molecule has 0 radical (unpaired) electrons. The number of benzene rings is 2. The largest absolute Gasteiger partial charge is 0.493 e. The van der Waals surface area contributed by atoms with Crippen LogP contribution in [0.25, 0.3) is 10.9 Å². The lowest BCUT2D eigenvalue weighted by Crippen LogP contribution is -1.97. The highest BCUT2D eigenvalue weighted by atomic mass is 16.5. The predicted molar refractivity (Wildman–Crippen MR) is 80.4 cm³/mol. The van der Waals surface area contributed by atoms with Crippen LogP contribution in [0.1, 0.15) is 11.3 Å². The molecule has 0 saturated heterocycles. The van der Waals surface area contributed by atoms with Crippen molar-refractivity contribution in [3.05, 3.63) is 59.8 Å². The molecule has 0 aliphatic heterocycles. The molecule has 0 bridgehead atoms. The zero-order valence-electron chi connectivity index (χ0n) is 11.6. The second-order valence-corrected chi connectivity index (χ2v) is 4.77. The monoisotopic (exact) mass is 267 g/mol. The van der Waals surface area contributed by atoms with Gasteiger partial charge < -0.3 is 14.5 Å². The van der Waals surface area contributed by atoms with Crippen molar-refractivity contribution in [2.45, 2.75) is 13.5 Å². The third kappa shape index (κ3) is 2.35. The number of aromatic nitrogens is 1. The molecule has 0 spiro atoms. The van der Waals surface area contributed by atoms with Crippen LogP contribution in [0.15, 0.2) is 48.5 Å². The van der Waals surface area contributed by atoms with Crippen molar-refractivity contribution in [2.75, 3.05) is 7.11 Å². The maximum atomic E-state index is 5.83. The highest BCUT2D eigenvalue weighted by molar-refractivity contribution is 5.83. The average Bonchev–Trinajstić information content (AvgIpc) is 2.90. The first-order valence-electron chi connectivity index (χ1n) is 6.61. The molecule has 0 fully saturated rings. The minimum Gasteiger partial charge on any atom is -0.493 e. The van der Waals surface area contributed by atoms with Gasteiger partial charge in [-0.25, -0.2) is 0 Å². The lowest BCUT2D eigenvalue weighted by Gasteiger charge is -2.09. The topological polar surface area (TPSA) is 34.2 Å². The van der Waals surface area contributed by atoms with Gasteiger partial charge in [0.15, 0.2) is 11.5 Å². The molecule has 0 aliphatic carbocycles. The first-order valence-corrected chi connectivity index (χ1v) is 6.61. The van der Waals surface area contributed by atoms with Crippen molar-refractivity contribution in [2.24, 2.45) is 0 Å². The van der Waals surface area contributed by atoms with Gasteiger partial charge in [-0.15, -0.1) is 0 Å². The van der Waals surface area contributed by atoms with Crippen LogP contribution in [0.2, 0.25) is 0 Å². The molecule has 3 aromatic rings. The van der Waals surface area contributed by atoms with Crippen LogP contribution in [0.3, 0.4) is 0 Å². The molecule has 20 heavy (non-hydrogen) atoms. The van der Waals surface area contributed by atoms with Gasteiger partial charge in [-0.2, -0.15) is 0 Å². The molecule has 0 atom stereocenters. The van der Waals surface area contributed by atoms with Crippen LogP contribution >= 0.6 is 0 Å². The fourth-order valence-corrected chi connectivity index (χ4v) is 2.34. The smallest absolute Gasteiger partial charge is 0.161 e. The second kappa shape index (κ2) is 5.29. The number of hydrogen-bond donors (Lipinski definition) is 1. The summed E-state index contributed by atoms with van der Waals surface area (Å²) in [5.41, 5.74) is 3.47. The van der Waals surface area contributed by atoms with Crippen LogP contribution < -0.4 is 9.47 Å². The summed E-state index contributed by atoms with van der Waals surface area (Å²) in [6, 6.07) is 16.1. The minimum atomic E-state index is 0.495. The van der Waals surface area contributed by atoms with Gasteiger partial charge in [-0.3, -0.25) is 0 Å². The molecule has 0 unspecified atom stereocenters. The Morgan fingerprint density at radius 3 is 2.55 bits per heavy atom. The summed E-state index contributed by atoms with van der Waals surface area (Å²) in [5, 5.41) is 1.21. The summed E-state index contributed by atoms with van der Waals surface area (Å²) in [6.07, 6.45) is 0. The molecule has 0 saturated carbocycles. The lowest BCUT2D eigenvalue weighted by atomic mass is 10.2. The molecule has 0 amide bonds. The van der Waals surface area contributed by atoms with Crippen molar-refractivity contribution in [3.63, 3.8) is 0 Å². The van der Waals surface area contributed by atoms with Gasteiger partial charge in [0.25, 0.3) is 0 Å². The maximum Gasteiger partial charge on any atom is 0.161 e. The highest BCUT2D eigenvalue weighted by Crippen LogP contribution is 2.27. The van der Waals surface area contributed by atoms with E-state index in [1.165, 1.54) is 16.5 Å². The third-order valence-electron chi connectivity index (χ3n) is 3.37. The summed E-state index contributed by atoms with van der Waals surface area (Å²) in [5.74, 6) is 1.50. The number of aromatic amines is 1. The van der Waals surface area contributed by atoms with Gasteiger partial charge in [0.05, 0.1) is 12.8 Å². The maximum absolute atomic E-state index is 5.83. The Kier molecular flexibility index (Phi) is 3.33. The number of ether oxygens (including phenoxy) is 2. The van der Waals surface area contributed by atoms with Crippen molar-refractivity contribution in [1.29, 1.82) is 0 Å². The Hall–Kier alpha value is -2.42. The molecule has 1 heterocycles. The summed E-state index contributed by atoms with van der Waals surface area (Å²) >= 11 is 0. The summed E-state index contributed by atoms with van der Waals surface area (Å²) < 4.78 is 11.1. The van der Waals surface area contributed by atoms with Crippen LogP contribution in [0.5, 0.6) is 11.5 Å². The first kappa shape index (κ1) is 12.6. The van der Waals surface area contributed by atoms with E-state index < -0.39 is 0 Å². The lowest BCUT2D eigenvalue weighted by molar-refractivity contribution is 0.281. The summed E-state index contributed by atoms with van der Waals surface area (Å²) in [6.45, 7) is 2.60. The summed E-state index contributed by atoms with van der Waals surface area (Å²) in [7, 11) is 1.65. The normalized spacial score (nSPS) is 10.7. The fraction of sp³-hybridized carbons (Fsp3) is 0.176. The van der Waals surface area contributed by atoms with Crippen LogP contribution in [0, 0.1) is 6.92 Å². The standard InChI is InChI=1S/C17H17NO2/c1-12-6-5-7-13-10-14(18-17(12)13)11-20-16-9-4-3-8-15(16)19-2/h3-10,18H,11H2,1-2H3. The number of para-hydroxylation sites is 3. The number of methoxy groups -OCH3 is 1. The van der Waals surface area contributed by atoms with Crippen LogP contribution in [-0.2, 0) is 6.61 Å². The Morgan fingerprint density at radius 2 is 1.80 bits per heavy atom. The van der Waals surface area contributed by atoms with Gasteiger partial charge in [-0.05, 0) is 30.7 Å². The predicted octanol–water partition coefficient (Wildman–Crippen LogP) is 4.06. The van der Waals surface area contributed by atoms with E-state index in [9.17, 15) is 0 Å². The molecule has 102 valence electrons. The highest BCUT2D eigenvalue weighted by Gasteiger charge is 2.06. The van der Waals surface area contributed by atoms with E-state index in [-0.39, 0.29) is 0 Å². The molecular formula is C17H17NO2. The van der Waals surface area contributed by atoms with Crippen molar-refractivity contribution >= 4 is 10.9 Å². The van der Waals surface area contributed by atoms with Crippen molar-refractivity contribution in [1.82, 2.24) is 4.98 Å². The molecular weight excluding hydrogens is 250 g/mol. The van der Waals surface area contributed by atoms with Gasteiger partial charge >= 0.3 is 0 Å². The second-order valence-electron chi connectivity index (χ2n) is 4.77. The van der Waals surface area contributed by atoms with Crippen LogP contribution in [0.4, 0.5) is 0 Å². The minimum absolute atomic E-state index is 0.495. The van der Waals surface area contributed by atoms with Crippen molar-refractivity contribution in [3.8, 4) is 11.5 Å². The van der Waals surface area contributed by atoms with Gasteiger partial charge in [-0.1, -0.05) is 30.3 Å². The van der Waals surface area contributed by atoms with E-state index in [0.29, 0.717) is 6.61 Å². The number of hydrogen-bond acceptors (Lipinski definition) is 2. The van der Waals surface area contributed by atoms with Crippen LogP contribution in [-0.4, -0.2) is 12.1 Å². The van der Waals surface area contributed by atoms with Gasteiger partial charge in [0.2, 0.25) is 0 Å².